The monoisotopic (exact) mass is 285 g/mol. The number of ether oxygens (including phenoxy) is 1. The second-order valence-electron chi connectivity index (χ2n) is 4.89. The smallest absolute Gasteiger partial charge is 0.341 e. The quantitative estimate of drug-likeness (QED) is 0.825. The van der Waals surface area contributed by atoms with Crippen molar-refractivity contribution in [3.05, 3.63) is 53.7 Å². The average Bonchev–Trinajstić information content (AvgIpc) is 2.49. The molecule has 3 N–H and O–H groups in total. The van der Waals surface area contributed by atoms with Gasteiger partial charge in [0.2, 0.25) is 0 Å². The number of nitrogen functional groups attached to an aromatic ring is 1. The van der Waals surface area contributed by atoms with Crippen LogP contribution in [0.15, 0.2) is 42.6 Å². The summed E-state index contributed by atoms with van der Waals surface area (Å²) in [5.41, 5.74) is 7.66. The van der Waals surface area contributed by atoms with Crippen LogP contribution in [0.2, 0.25) is 0 Å². The lowest BCUT2D eigenvalue weighted by Gasteiger charge is -2.16. The van der Waals surface area contributed by atoms with E-state index in [9.17, 15) is 4.79 Å². The van der Waals surface area contributed by atoms with Gasteiger partial charge in [-0.25, -0.2) is 9.78 Å². The SMILES string of the molecule is COC(=O)c1cc(N)cnc1NC(C)Cc1ccccc1. The Labute approximate surface area is 124 Å². The van der Waals surface area contributed by atoms with E-state index in [-0.39, 0.29) is 6.04 Å². The number of anilines is 2. The van der Waals surface area contributed by atoms with Crippen molar-refractivity contribution in [2.24, 2.45) is 0 Å². The minimum absolute atomic E-state index is 0.118. The van der Waals surface area contributed by atoms with Crippen molar-refractivity contribution in [2.75, 3.05) is 18.2 Å². The van der Waals surface area contributed by atoms with Gasteiger partial charge in [-0.15, -0.1) is 0 Å². The predicted molar refractivity (Wildman–Crippen MR) is 83.2 cm³/mol. The van der Waals surface area contributed by atoms with Crippen LogP contribution < -0.4 is 11.1 Å². The molecular formula is C16H19N3O2. The summed E-state index contributed by atoms with van der Waals surface area (Å²) in [6, 6.07) is 11.8. The van der Waals surface area contributed by atoms with Crippen LogP contribution in [0.3, 0.4) is 0 Å². The van der Waals surface area contributed by atoms with Gasteiger partial charge in [-0.05, 0) is 25.0 Å². The first kappa shape index (κ1) is 14.8. The zero-order chi connectivity index (χ0) is 15.2. The zero-order valence-electron chi connectivity index (χ0n) is 12.2. The van der Waals surface area contributed by atoms with Gasteiger partial charge in [-0.3, -0.25) is 0 Å². The summed E-state index contributed by atoms with van der Waals surface area (Å²) in [4.78, 5) is 16.0. The maximum atomic E-state index is 11.8. The van der Waals surface area contributed by atoms with E-state index in [1.165, 1.54) is 18.9 Å². The summed E-state index contributed by atoms with van der Waals surface area (Å²) >= 11 is 0. The number of methoxy groups -OCH3 is 1. The lowest BCUT2D eigenvalue weighted by molar-refractivity contribution is 0.0601. The van der Waals surface area contributed by atoms with Crippen LogP contribution in [0.25, 0.3) is 0 Å². The molecule has 1 aromatic carbocycles. The molecule has 0 aliphatic heterocycles. The molecule has 0 fully saturated rings. The standard InChI is InChI=1S/C16H19N3O2/c1-11(8-12-6-4-3-5-7-12)19-15-14(16(20)21-2)9-13(17)10-18-15/h3-7,9-11H,8,17H2,1-2H3,(H,18,19). The van der Waals surface area contributed by atoms with Gasteiger partial charge in [0.05, 0.1) is 19.0 Å². The van der Waals surface area contributed by atoms with E-state index < -0.39 is 5.97 Å². The van der Waals surface area contributed by atoms with Crippen molar-refractivity contribution in [2.45, 2.75) is 19.4 Å². The molecule has 0 spiro atoms. The van der Waals surface area contributed by atoms with Crippen molar-refractivity contribution < 1.29 is 9.53 Å². The first-order valence-electron chi connectivity index (χ1n) is 6.74. The Bertz CT molecular complexity index is 614. The highest BCUT2D eigenvalue weighted by Gasteiger charge is 2.15. The third-order valence-electron chi connectivity index (χ3n) is 3.08. The molecule has 5 heteroatoms. The van der Waals surface area contributed by atoms with Crippen molar-refractivity contribution in [3.8, 4) is 0 Å². The molecule has 0 aliphatic carbocycles. The highest BCUT2D eigenvalue weighted by atomic mass is 16.5. The summed E-state index contributed by atoms with van der Waals surface area (Å²) in [6.07, 6.45) is 2.34. The van der Waals surface area contributed by atoms with Gasteiger partial charge in [0.1, 0.15) is 11.4 Å². The van der Waals surface area contributed by atoms with Gasteiger partial charge < -0.3 is 15.8 Å². The van der Waals surface area contributed by atoms with E-state index in [0.29, 0.717) is 17.1 Å². The molecule has 1 aromatic heterocycles. The predicted octanol–water partition coefficient (Wildman–Crippen LogP) is 2.49. The van der Waals surface area contributed by atoms with Crippen LogP contribution in [-0.4, -0.2) is 24.1 Å². The molecule has 21 heavy (non-hydrogen) atoms. The highest BCUT2D eigenvalue weighted by Crippen LogP contribution is 2.18. The van der Waals surface area contributed by atoms with Gasteiger partial charge in [0.25, 0.3) is 0 Å². The number of nitrogens with two attached hydrogens (primary N) is 1. The van der Waals surface area contributed by atoms with Crippen LogP contribution in [0.1, 0.15) is 22.8 Å². The largest absolute Gasteiger partial charge is 0.465 e. The van der Waals surface area contributed by atoms with Crippen LogP contribution in [0.4, 0.5) is 11.5 Å². The fourth-order valence-electron chi connectivity index (χ4n) is 2.11. The molecule has 0 radical (unpaired) electrons. The molecule has 1 atom stereocenters. The summed E-state index contributed by atoms with van der Waals surface area (Å²) in [5, 5.41) is 3.23. The van der Waals surface area contributed by atoms with Crippen LogP contribution in [-0.2, 0) is 11.2 Å². The number of pyridine rings is 1. The van der Waals surface area contributed by atoms with Crippen molar-refractivity contribution in [1.29, 1.82) is 0 Å². The molecule has 2 rings (SSSR count). The fourth-order valence-corrected chi connectivity index (χ4v) is 2.11. The second-order valence-corrected chi connectivity index (χ2v) is 4.89. The summed E-state index contributed by atoms with van der Waals surface area (Å²) in [6.45, 7) is 2.03. The molecule has 1 heterocycles. The molecule has 5 nitrogen and oxygen atoms in total. The van der Waals surface area contributed by atoms with Crippen molar-refractivity contribution in [1.82, 2.24) is 4.98 Å². The second kappa shape index (κ2) is 6.74. The first-order valence-corrected chi connectivity index (χ1v) is 6.74. The minimum Gasteiger partial charge on any atom is -0.465 e. The first-order chi connectivity index (χ1) is 10.1. The number of hydrogen-bond acceptors (Lipinski definition) is 5. The zero-order valence-corrected chi connectivity index (χ0v) is 12.2. The molecule has 0 aliphatic rings. The molecular weight excluding hydrogens is 266 g/mol. The van der Waals surface area contributed by atoms with E-state index in [2.05, 4.69) is 22.4 Å². The van der Waals surface area contributed by atoms with Crippen LogP contribution in [0.5, 0.6) is 0 Å². The Morgan fingerprint density at radius 3 is 2.76 bits per heavy atom. The van der Waals surface area contributed by atoms with Gasteiger partial charge in [-0.1, -0.05) is 30.3 Å². The fraction of sp³-hybridized carbons (Fsp3) is 0.250. The van der Waals surface area contributed by atoms with Gasteiger partial charge in [0, 0.05) is 6.04 Å². The van der Waals surface area contributed by atoms with Crippen molar-refractivity contribution in [3.63, 3.8) is 0 Å². The number of nitrogens with one attached hydrogen (secondary N) is 1. The van der Waals surface area contributed by atoms with E-state index >= 15 is 0 Å². The Kier molecular flexibility index (Phi) is 4.77. The number of esters is 1. The average molecular weight is 285 g/mol. The summed E-state index contributed by atoms with van der Waals surface area (Å²) in [7, 11) is 1.34. The van der Waals surface area contributed by atoms with Gasteiger partial charge >= 0.3 is 5.97 Å². The molecule has 0 amide bonds. The topological polar surface area (TPSA) is 77.2 Å². The highest BCUT2D eigenvalue weighted by molar-refractivity contribution is 5.95. The Morgan fingerprint density at radius 2 is 2.10 bits per heavy atom. The molecule has 1 unspecified atom stereocenters. The van der Waals surface area contributed by atoms with E-state index in [1.807, 2.05) is 25.1 Å². The summed E-state index contributed by atoms with van der Waals surface area (Å²) < 4.78 is 4.76. The maximum Gasteiger partial charge on any atom is 0.341 e. The number of nitrogens with zero attached hydrogens (tertiary/aromatic N) is 1. The Morgan fingerprint density at radius 1 is 1.38 bits per heavy atom. The lowest BCUT2D eigenvalue weighted by atomic mass is 10.1. The maximum absolute atomic E-state index is 11.8. The minimum atomic E-state index is -0.454. The molecule has 0 saturated carbocycles. The number of rotatable bonds is 5. The van der Waals surface area contributed by atoms with Gasteiger partial charge in [0.15, 0.2) is 0 Å². The Hall–Kier alpha value is -2.56. The Balaban J connectivity index is 2.13. The number of carbonyl (C=O) groups is 1. The molecule has 110 valence electrons. The van der Waals surface area contributed by atoms with Crippen LogP contribution >= 0.6 is 0 Å². The van der Waals surface area contributed by atoms with Crippen LogP contribution in [0, 0.1) is 0 Å². The third kappa shape index (κ3) is 3.95. The third-order valence-corrected chi connectivity index (χ3v) is 3.08. The summed E-state index contributed by atoms with van der Waals surface area (Å²) in [5.74, 6) is 0.0312. The number of carbonyl (C=O) groups excluding carboxylic acids is 1. The van der Waals surface area contributed by atoms with Gasteiger partial charge in [-0.2, -0.15) is 0 Å². The number of aromatic nitrogens is 1. The van der Waals surface area contributed by atoms with E-state index in [0.717, 1.165) is 6.42 Å². The normalized spacial score (nSPS) is 11.7. The molecule has 0 bridgehead atoms. The van der Waals surface area contributed by atoms with E-state index in [4.69, 9.17) is 10.5 Å². The molecule has 2 aromatic rings. The number of benzene rings is 1. The van der Waals surface area contributed by atoms with E-state index in [1.54, 1.807) is 6.07 Å². The van der Waals surface area contributed by atoms with Crippen molar-refractivity contribution >= 4 is 17.5 Å². The lowest BCUT2D eigenvalue weighted by Crippen LogP contribution is -2.21. The molecule has 0 saturated heterocycles. The number of hydrogen-bond donors (Lipinski definition) is 2.